The first-order valence-corrected chi connectivity index (χ1v) is 11.9. The molecule has 31 heavy (non-hydrogen) atoms. The molecule has 0 aliphatic carbocycles. The Hall–Kier alpha value is -2.42. The number of hydrogen-bond acceptors (Lipinski definition) is 5. The molecule has 7 nitrogen and oxygen atoms in total. The van der Waals surface area contributed by atoms with Gasteiger partial charge in [0.25, 0.3) is 5.91 Å². The van der Waals surface area contributed by atoms with E-state index in [1.54, 1.807) is 18.2 Å². The van der Waals surface area contributed by atoms with Crippen molar-refractivity contribution in [2.24, 2.45) is 0 Å². The molecule has 0 saturated carbocycles. The predicted molar refractivity (Wildman–Crippen MR) is 122 cm³/mol. The monoisotopic (exact) mass is 445 g/mol. The zero-order valence-electron chi connectivity index (χ0n) is 18.6. The Bertz CT molecular complexity index is 1030. The van der Waals surface area contributed by atoms with Crippen molar-refractivity contribution in [3.8, 4) is 5.75 Å². The Kier molecular flexibility index (Phi) is 7.35. The largest absolute Gasteiger partial charge is 0.483 e. The lowest BCUT2D eigenvalue weighted by molar-refractivity contribution is -0.118. The van der Waals surface area contributed by atoms with Gasteiger partial charge in [-0.25, -0.2) is 8.42 Å². The van der Waals surface area contributed by atoms with E-state index in [0.29, 0.717) is 37.6 Å². The summed E-state index contributed by atoms with van der Waals surface area (Å²) in [6.07, 6.45) is 0. The molecule has 0 radical (unpaired) electrons. The van der Waals surface area contributed by atoms with Gasteiger partial charge in [-0.05, 0) is 55.3 Å². The summed E-state index contributed by atoms with van der Waals surface area (Å²) >= 11 is 0. The number of amides is 1. The number of hydrogen-bond donors (Lipinski definition) is 1. The average Bonchev–Trinajstić information content (AvgIpc) is 2.72. The van der Waals surface area contributed by atoms with Crippen LogP contribution in [0, 0.1) is 6.92 Å². The van der Waals surface area contributed by atoms with Crippen LogP contribution in [0.15, 0.2) is 47.4 Å². The van der Waals surface area contributed by atoms with Crippen molar-refractivity contribution in [3.05, 3.63) is 53.6 Å². The van der Waals surface area contributed by atoms with Crippen LogP contribution in [0.25, 0.3) is 0 Å². The number of piperazine rings is 1. The number of rotatable bonds is 7. The number of carbonyl (C=O) groups is 1. The molecule has 2 aromatic carbocycles. The number of nitrogens with one attached hydrogen (secondary N) is 1. The van der Waals surface area contributed by atoms with E-state index >= 15 is 0 Å². The summed E-state index contributed by atoms with van der Waals surface area (Å²) in [5.41, 5.74) is 2.53. The minimum atomic E-state index is -3.59. The summed E-state index contributed by atoms with van der Waals surface area (Å²) in [4.78, 5) is 14.7. The van der Waals surface area contributed by atoms with E-state index < -0.39 is 10.0 Å². The molecule has 0 aromatic heterocycles. The first-order chi connectivity index (χ1) is 14.7. The second-order valence-corrected chi connectivity index (χ2v) is 10.2. The van der Waals surface area contributed by atoms with Gasteiger partial charge in [0.2, 0.25) is 10.0 Å². The number of benzene rings is 2. The van der Waals surface area contributed by atoms with E-state index in [4.69, 9.17) is 4.74 Å². The zero-order valence-corrected chi connectivity index (χ0v) is 19.4. The molecular weight excluding hydrogens is 414 g/mol. The Balaban J connectivity index is 1.66. The fraction of sp³-hybridized carbons (Fsp3) is 0.435. The van der Waals surface area contributed by atoms with Crippen molar-refractivity contribution in [1.82, 2.24) is 9.21 Å². The molecular formula is C23H31N3O4S. The summed E-state index contributed by atoms with van der Waals surface area (Å²) in [5.74, 6) is 0.622. The maximum absolute atomic E-state index is 12.9. The van der Waals surface area contributed by atoms with Crippen LogP contribution in [0.4, 0.5) is 5.69 Å². The van der Waals surface area contributed by atoms with Crippen LogP contribution in [0.1, 0.15) is 30.9 Å². The molecule has 1 amide bonds. The summed E-state index contributed by atoms with van der Waals surface area (Å²) in [5, 5.41) is 2.74. The van der Waals surface area contributed by atoms with Crippen molar-refractivity contribution in [1.29, 1.82) is 0 Å². The molecule has 1 N–H and O–H groups in total. The number of likely N-dealkylation sites (N-methyl/N-ethyl adjacent to an activating group) is 1. The van der Waals surface area contributed by atoms with Crippen LogP contribution in [0.2, 0.25) is 0 Å². The van der Waals surface area contributed by atoms with Gasteiger partial charge in [0.05, 0.1) is 4.90 Å². The molecule has 1 saturated heterocycles. The lowest BCUT2D eigenvalue weighted by Gasteiger charge is -2.31. The second kappa shape index (κ2) is 9.80. The van der Waals surface area contributed by atoms with Crippen molar-refractivity contribution in [3.63, 3.8) is 0 Å². The first kappa shape index (κ1) is 23.2. The summed E-state index contributed by atoms with van der Waals surface area (Å²) in [6.45, 7) is 8.28. The van der Waals surface area contributed by atoms with E-state index in [1.807, 2.05) is 32.2 Å². The third-order valence-electron chi connectivity index (χ3n) is 5.37. The quantitative estimate of drug-likeness (QED) is 0.709. The molecule has 0 unspecified atom stereocenters. The molecule has 1 heterocycles. The summed E-state index contributed by atoms with van der Waals surface area (Å²) in [6, 6.07) is 12.3. The van der Waals surface area contributed by atoms with Crippen molar-refractivity contribution in [2.75, 3.05) is 45.2 Å². The molecule has 1 fully saturated rings. The Morgan fingerprint density at radius 1 is 1.10 bits per heavy atom. The Morgan fingerprint density at radius 3 is 2.48 bits per heavy atom. The van der Waals surface area contributed by atoms with Gasteiger partial charge in [0, 0.05) is 31.9 Å². The van der Waals surface area contributed by atoms with Gasteiger partial charge < -0.3 is 15.0 Å². The van der Waals surface area contributed by atoms with E-state index in [2.05, 4.69) is 24.1 Å². The topological polar surface area (TPSA) is 78.9 Å². The van der Waals surface area contributed by atoms with Crippen LogP contribution in [-0.2, 0) is 14.8 Å². The van der Waals surface area contributed by atoms with Gasteiger partial charge in [-0.1, -0.05) is 32.0 Å². The van der Waals surface area contributed by atoms with Crippen LogP contribution in [0.5, 0.6) is 5.75 Å². The van der Waals surface area contributed by atoms with Crippen LogP contribution in [0.3, 0.4) is 0 Å². The van der Waals surface area contributed by atoms with Gasteiger partial charge in [-0.3, -0.25) is 4.79 Å². The number of anilines is 1. The van der Waals surface area contributed by atoms with Gasteiger partial charge >= 0.3 is 0 Å². The minimum Gasteiger partial charge on any atom is -0.483 e. The molecule has 0 spiro atoms. The highest BCUT2D eigenvalue weighted by Gasteiger charge is 2.27. The first-order valence-electron chi connectivity index (χ1n) is 10.5. The van der Waals surface area contributed by atoms with Crippen LogP contribution < -0.4 is 10.1 Å². The SMILES string of the molecule is Cc1ccc(C(C)C)c(OCC(=O)Nc2cccc(S(=O)(=O)N3CCN(C)CC3)c2)c1. The second-order valence-electron chi connectivity index (χ2n) is 8.27. The third kappa shape index (κ3) is 5.84. The van der Waals surface area contributed by atoms with Crippen molar-refractivity contribution < 1.29 is 17.9 Å². The number of aryl methyl sites for hydroxylation is 1. The maximum Gasteiger partial charge on any atom is 0.262 e. The highest BCUT2D eigenvalue weighted by molar-refractivity contribution is 7.89. The normalized spacial score (nSPS) is 15.8. The molecule has 3 rings (SSSR count). The van der Waals surface area contributed by atoms with Gasteiger partial charge in [0.15, 0.2) is 6.61 Å². The fourth-order valence-corrected chi connectivity index (χ4v) is 4.96. The number of carbonyl (C=O) groups excluding carboxylic acids is 1. The van der Waals surface area contributed by atoms with Crippen molar-refractivity contribution >= 4 is 21.6 Å². The van der Waals surface area contributed by atoms with E-state index in [1.165, 1.54) is 10.4 Å². The molecule has 8 heteroatoms. The molecule has 2 aromatic rings. The minimum absolute atomic E-state index is 0.154. The molecule has 1 aliphatic rings. The molecule has 1 aliphatic heterocycles. The number of sulfonamides is 1. The van der Waals surface area contributed by atoms with Gasteiger partial charge in [0.1, 0.15) is 5.75 Å². The van der Waals surface area contributed by atoms with Gasteiger partial charge in [-0.15, -0.1) is 0 Å². The van der Waals surface area contributed by atoms with Crippen molar-refractivity contribution in [2.45, 2.75) is 31.6 Å². The molecule has 0 bridgehead atoms. The molecule has 168 valence electrons. The third-order valence-corrected chi connectivity index (χ3v) is 7.26. The number of ether oxygens (including phenoxy) is 1. The average molecular weight is 446 g/mol. The summed E-state index contributed by atoms with van der Waals surface area (Å²) < 4.78 is 33.2. The Morgan fingerprint density at radius 2 is 1.81 bits per heavy atom. The highest BCUT2D eigenvalue weighted by atomic mass is 32.2. The molecule has 0 atom stereocenters. The van der Waals surface area contributed by atoms with E-state index in [0.717, 1.165) is 11.1 Å². The predicted octanol–water partition coefficient (Wildman–Crippen LogP) is 3.07. The highest BCUT2D eigenvalue weighted by Crippen LogP contribution is 2.27. The van der Waals surface area contributed by atoms with Crippen LogP contribution in [-0.4, -0.2) is 63.4 Å². The summed E-state index contributed by atoms with van der Waals surface area (Å²) in [7, 11) is -1.62. The van der Waals surface area contributed by atoms with E-state index in [-0.39, 0.29) is 23.3 Å². The lowest BCUT2D eigenvalue weighted by Crippen LogP contribution is -2.47. The fourth-order valence-electron chi connectivity index (χ4n) is 3.50. The van der Waals surface area contributed by atoms with Gasteiger partial charge in [-0.2, -0.15) is 4.31 Å². The number of nitrogens with zero attached hydrogens (tertiary/aromatic N) is 2. The standard InChI is InChI=1S/C23H31N3O4S/c1-17(2)21-9-8-18(3)14-22(21)30-16-23(27)24-19-6-5-7-20(15-19)31(28,29)26-12-10-25(4)11-13-26/h5-9,14-15,17H,10-13,16H2,1-4H3,(H,24,27). The van der Waals surface area contributed by atoms with E-state index in [9.17, 15) is 13.2 Å². The van der Waals surface area contributed by atoms with Crippen LogP contribution >= 0.6 is 0 Å². The Labute approximate surface area is 185 Å². The maximum atomic E-state index is 12.9. The smallest absolute Gasteiger partial charge is 0.262 e. The zero-order chi connectivity index (χ0) is 22.6. The lowest BCUT2D eigenvalue weighted by atomic mass is 10.0.